The molecule has 0 atom stereocenters. The van der Waals surface area contributed by atoms with Crippen LogP contribution in [-0.4, -0.2) is 25.7 Å². The minimum absolute atomic E-state index is 0.410. The number of nitrogens with two attached hydrogens (primary N) is 1. The predicted octanol–water partition coefficient (Wildman–Crippen LogP) is 1.88. The van der Waals surface area contributed by atoms with Gasteiger partial charge in [0.15, 0.2) is 5.60 Å². The normalized spacial score (nSPS) is 16.9. The highest BCUT2D eigenvalue weighted by molar-refractivity contribution is 5.84. The van der Waals surface area contributed by atoms with E-state index in [0.717, 1.165) is 12.8 Å². The van der Waals surface area contributed by atoms with Crippen LogP contribution in [0, 0.1) is 0 Å². The molecule has 104 valence electrons. The average Bonchev–Trinajstić information content (AvgIpc) is 2.88. The number of carbonyl (C=O) groups is 1. The summed E-state index contributed by atoms with van der Waals surface area (Å²) in [6, 6.07) is 5.20. The Bertz CT molecular complexity index is 444. The van der Waals surface area contributed by atoms with Crippen molar-refractivity contribution in [2.75, 3.05) is 14.2 Å². The lowest BCUT2D eigenvalue weighted by Crippen LogP contribution is -2.46. The number of benzene rings is 1. The van der Waals surface area contributed by atoms with E-state index < -0.39 is 11.5 Å². The van der Waals surface area contributed by atoms with Gasteiger partial charge in [0, 0.05) is 18.2 Å². The van der Waals surface area contributed by atoms with Crippen LogP contribution < -0.4 is 19.9 Å². The van der Waals surface area contributed by atoms with Crippen molar-refractivity contribution >= 4 is 5.91 Å². The Hall–Kier alpha value is -1.91. The second-order valence-corrected chi connectivity index (χ2v) is 4.72. The number of hydrogen-bond acceptors (Lipinski definition) is 4. The third-order valence-corrected chi connectivity index (χ3v) is 3.50. The summed E-state index contributed by atoms with van der Waals surface area (Å²) in [5.74, 6) is 1.36. The van der Waals surface area contributed by atoms with Crippen LogP contribution >= 0.6 is 0 Å². The van der Waals surface area contributed by atoms with Crippen molar-refractivity contribution in [3.8, 4) is 17.2 Å². The van der Waals surface area contributed by atoms with Crippen LogP contribution in [0.5, 0.6) is 17.2 Å². The van der Waals surface area contributed by atoms with Gasteiger partial charge >= 0.3 is 0 Å². The summed E-state index contributed by atoms with van der Waals surface area (Å²) in [5.41, 5.74) is 4.60. The van der Waals surface area contributed by atoms with E-state index >= 15 is 0 Å². The summed E-state index contributed by atoms with van der Waals surface area (Å²) >= 11 is 0. The van der Waals surface area contributed by atoms with Gasteiger partial charge in [0.05, 0.1) is 14.2 Å². The lowest BCUT2D eigenvalue weighted by atomic mass is 10.0. The first-order valence-electron chi connectivity index (χ1n) is 6.31. The second kappa shape index (κ2) is 5.38. The molecule has 0 unspecified atom stereocenters. The molecule has 1 aliphatic rings. The topological polar surface area (TPSA) is 70.8 Å². The maximum atomic E-state index is 11.7. The molecule has 1 aromatic carbocycles. The number of methoxy groups -OCH3 is 2. The van der Waals surface area contributed by atoms with Crippen LogP contribution in [0.2, 0.25) is 0 Å². The molecule has 1 fully saturated rings. The second-order valence-electron chi connectivity index (χ2n) is 4.72. The van der Waals surface area contributed by atoms with Crippen LogP contribution in [0.15, 0.2) is 18.2 Å². The maximum absolute atomic E-state index is 11.7. The fourth-order valence-electron chi connectivity index (χ4n) is 2.41. The van der Waals surface area contributed by atoms with Crippen LogP contribution in [0.1, 0.15) is 25.7 Å². The number of primary amides is 1. The van der Waals surface area contributed by atoms with Gasteiger partial charge in [-0.1, -0.05) is 0 Å². The summed E-state index contributed by atoms with van der Waals surface area (Å²) in [6.45, 7) is 0. The van der Waals surface area contributed by atoms with Gasteiger partial charge in [-0.05, 0) is 25.7 Å². The van der Waals surface area contributed by atoms with E-state index in [1.165, 1.54) is 0 Å². The predicted molar refractivity (Wildman–Crippen MR) is 70.6 cm³/mol. The molecule has 0 spiro atoms. The Balaban J connectivity index is 2.28. The van der Waals surface area contributed by atoms with Crippen LogP contribution in [-0.2, 0) is 4.79 Å². The molecule has 0 aliphatic heterocycles. The van der Waals surface area contributed by atoms with Crippen molar-refractivity contribution in [2.24, 2.45) is 5.73 Å². The maximum Gasteiger partial charge on any atom is 0.261 e. The number of hydrogen-bond donors (Lipinski definition) is 1. The Morgan fingerprint density at radius 2 is 1.53 bits per heavy atom. The summed E-state index contributed by atoms with van der Waals surface area (Å²) in [7, 11) is 3.13. The summed E-state index contributed by atoms with van der Waals surface area (Å²) < 4.78 is 16.2. The molecule has 5 heteroatoms. The zero-order chi connectivity index (χ0) is 13.9. The van der Waals surface area contributed by atoms with E-state index in [1.807, 2.05) is 0 Å². The zero-order valence-corrected chi connectivity index (χ0v) is 11.3. The highest BCUT2D eigenvalue weighted by atomic mass is 16.5. The lowest BCUT2D eigenvalue weighted by Gasteiger charge is -2.27. The standard InChI is InChI=1S/C14H19NO4/c1-17-10-7-11(18-2)9-12(8-10)19-14(13(15)16)5-3-4-6-14/h7-9H,3-6H2,1-2H3,(H2,15,16). The minimum atomic E-state index is -0.891. The number of carbonyl (C=O) groups excluding carboxylic acids is 1. The Kier molecular flexibility index (Phi) is 3.83. The summed E-state index contributed by atoms with van der Waals surface area (Å²) in [6.07, 6.45) is 3.21. The van der Waals surface area contributed by atoms with E-state index in [0.29, 0.717) is 30.1 Å². The third-order valence-electron chi connectivity index (χ3n) is 3.50. The van der Waals surface area contributed by atoms with E-state index in [1.54, 1.807) is 32.4 Å². The molecule has 0 saturated heterocycles. The molecular weight excluding hydrogens is 246 g/mol. The molecule has 0 radical (unpaired) electrons. The van der Waals surface area contributed by atoms with Crippen molar-refractivity contribution in [3.63, 3.8) is 0 Å². The zero-order valence-electron chi connectivity index (χ0n) is 11.3. The van der Waals surface area contributed by atoms with E-state index in [9.17, 15) is 4.79 Å². The number of rotatable bonds is 5. The average molecular weight is 265 g/mol. The largest absolute Gasteiger partial charge is 0.496 e. The van der Waals surface area contributed by atoms with Gasteiger partial charge in [-0.3, -0.25) is 4.79 Å². The summed E-state index contributed by atoms with van der Waals surface area (Å²) in [5, 5.41) is 0. The first-order valence-corrected chi connectivity index (χ1v) is 6.31. The molecule has 2 rings (SSSR count). The first-order chi connectivity index (χ1) is 9.09. The van der Waals surface area contributed by atoms with Crippen molar-refractivity contribution in [1.29, 1.82) is 0 Å². The van der Waals surface area contributed by atoms with Crippen molar-refractivity contribution in [1.82, 2.24) is 0 Å². The minimum Gasteiger partial charge on any atom is -0.496 e. The van der Waals surface area contributed by atoms with Gasteiger partial charge in [0.1, 0.15) is 17.2 Å². The van der Waals surface area contributed by atoms with E-state index in [-0.39, 0.29) is 0 Å². The molecule has 0 heterocycles. The van der Waals surface area contributed by atoms with E-state index in [2.05, 4.69) is 0 Å². The molecular formula is C14H19NO4. The van der Waals surface area contributed by atoms with Gasteiger partial charge in [-0.15, -0.1) is 0 Å². The van der Waals surface area contributed by atoms with E-state index in [4.69, 9.17) is 19.9 Å². The molecule has 1 saturated carbocycles. The molecule has 0 bridgehead atoms. The first kappa shape index (κ1) is 13.5. The molecule has 1 aromatic rings. The lowest BCUT2D eigenvalue weighted by molar-refractivity contribution is -0.133. The molecule has 19 heavy (non-hydrogen) atoms. The van der Waals surface area contributed by atoms with Gasteiger partial charge in [0.25, 0.3) is 5.91 Å². The highest BCUT2D eigenvalue weighted by Crippen LogP contribution is 2.36. The van der Waals surface area contributed by atoms with Gasteiger partial charge in [0.2, 0.25) is 0 Å². The fraction of sp³-hybridized carbons (Fsp3) is 0.500. The third kappa shape index (κ3) is 2.75. The van der Waals surface area contributed by atoms with Crippen molar-refractivity contribution in [3.05, 3.63) is 18.2 Å². The number of ether oxygens (including phenoxy) is 3. The monoisotopic (exact) mass is 265 g/mol. The van der Waals surface area contributed by atoms with Gasteiger partial charge in [-0.2, -0.15) is 0 Å². The summed E-state index contributed by atoms with van der Waals surface area (Å²) in [4.78, 5) is 11.7. The molecule has 1 aliphatic carbocycles. The number of amides is 1. The molecule has 1 amide bonds. The van der Waals surface area contributed by atoms with Crippen molar-refractivity contribution < 1.29 is 19.0 Å². The van der Waals surface area contributed by atoms with Crippen LogP contribution in [0.4, 0.5) is 0 Å². The molecule has 2 N–H and O–H groups in total. The fourth-order valence-corrected chi connectivity index (χ4v) is 2.41. The van der Waals surface area contributed by atoms with Gasteiger partial charge in [-0.25, -0.2) is 0 Å². The highest BCUT2D eigenvalue weighted by Gasteiger charge is 2.42. The smallest absolute Gasteiger partial charge is 0.261 e. The Labute approximate surface area is 112 Å². The quantitative estimate of drug-likeness (QED) is 0.882. The Morgan fingerprint density at radius 1 is 1.05 bits per heavy atom. The van der Waals surface area contributed by atoms with Crippen LogP contribution in [0.3, 0.4) is 0 Å². The SMILES string of the molecule is COc1cc(OC)cc(OC2(C(N)=O)CCCC2)c1. The van der Waals surface area contributed by atoms with Gasteiger partial charge < -0.3 is 19.9 Å². The molecule has 0 aromatic heterocycles. The Morgan fingerprint density at radius 3 is 1.95 bits per heavy atom. The molecule has 5 nitrogen and oxygen atoms in total. The van der Waals surface area contributed by atoms with Crippen LogP contribution in [0.25, 0.3) is 0 Å². The van der Waals surface area contributed by atoms with Crippen molar-refractivity contribution in [2.45, 2.75) is 31.3 Å².